The summed E-state index contributed by atoms with van der Waals surface area (Å²) < 4.78 is 34.1. The molecular formula is C32H33N3O5S. The number of hydrogen-bond donors (Lipinski definition) is 1. The summed E-state index contributed by atoms with van der Waals surface area (Å²) in [6.07, 6.45) is 0.260. The summed E-state index contributed by atoms with van der Waals surface area (Å²) in [6.45, 7) is -0.386. The van der Waals surface area contributed by atoms with Gasteiger partial charge in [0.15, 0.2) is 0 Å². The summed E-state index contributed by atoms with van der Waals surface area (Å²) in [5.74, 6) is -0.351. The van der Waals surface area contributed by atoms with Gasteiger partial charge in [-0.25, -0.2) is 8.42 Å². The summed E-state index contributed by atoms with van der Waals surface area (Å²) in [5, 5.41) is 2.68. The third kappa shape index (κ3) is 7.32. The molecule has 4 rings (SSSR count). The second kappa shape index (κ2) is 13.6. The third-order valence-corrected chi connectivity index (χ3v) is 8.47. The predicted molar refractivity (Wildman–Crippen MR) is 159 cm³/mol. The number of carbonyl (C=O) groups is 2. The number of benzene rings is 4. The zero-order chi connectivity index (χ0) is 29.2. The van der Waals surface area contributed by atoms with E-state index in [0.717, 1.165) is 15.4 Å². The molecule has 0 aliphatic carbocycles. The third-order valence-electron chi connectivity index (χ3n) is 6.68. The highest BCUT2D eigenvalue weighted by atomic mass is 32.2. The first-order valence-electron chi connectivity index (χ1n) is 13.1. The summed E-state index contributed by atoms with van der Waals surface area (Å²) in [4.78, 5) is 28.9. The molecule has 4 aromatic carbocycles. The van der Waals surface area contributed by atoms with Crippen LogP contribution in [0.25, 0.3) is 0 Å². The molecule has 41 heavy (non-hydrogen) atoms. The Hall–Kier alpha value is -4.63. The fourth-order valence-corrected chi connectivity index (χ4v) is 5.91. The molecule has 0 spiro atoms. The maximum atomic E-state index is 14.2. The van der Waals surface area contributed by atoms with E-state index in [4.69, 9.17) is 4.74 Å². The summed E-state index contributed by atoms with van der Waals surface area (Å²) in [5.41, 5.74) is 2.01. The van der Waals surface area contributed by atoms with Crippen molar-refractivity contribution >= 4 is 27.5 Å². The molecule has 0 radical (unpaired) electrons. The number of ether oxygens (including phenoxy) is 1. The van der Waals surface area contributed by atoms with E-state index in [1.54, 1.807) is 42.5 Å². The molecule has 8 nitrogen and oxygen atoms in total. The van der Waals surface area contributed by atoms with Crippen LogP contribution in [0.3, 0.4) is 0 Å². The van der Waals surface area contributed by atoms with Crippen LogP contribution in [0.4, 0.5) is 5.69 Å². The molecule has 0 heterocycles. The molecule has 0 unspecified atom stereocenters. The largest absolute Gasteiger partial charge is 0.497 e. The molecule has 1 atom stereocenters. The average Bonchev–Trinajstić information content (AvgIpc) is 3.02. The Morgan fingerprint density at radius 3 is 1.85 bits per heavy atom. The highest BCUT2D eigenvalue weighted by molar-refractivity contribution is 7.92. The fraction of sp³-hybridized carbons (Fsp3) is 0.188. The van der Waals surface area contributed by atoms with Crippen LogP contribution in [0.2, 0.25) is 0 Å². The molecule has 9 heteroatoms. The molecule has 212 valence electrons. The van der Waals surface area contributed by atoms with Crippen molar-refractivity contribution in [3.05, 3.63) is 126 Å². The van der Waals surface area contributed by atoms with Gasteiger partial charge in [0, 0.05) is 20.0 Å². The van der Waals surface area contributed by atoms with Crippen LogP contribution in [0.15, 0.2) is 120 Å². The quantitative estimate of drug-likeness (QED) is 0.274. The monoisotopic (exact) mass is 571 g/mol. The van der Waals surface area contributed by atoms with Crippen molar-refractivity contribution in [2.45, 2.75) is 23.9 Å². The average molecular weight is 572 g/mol. The second-order valence-corrected chi connectivity index (χ2v) is 11.2. The van der Waals surface area contributed by atoms with E-state index in [0.29, 0.717) is 11.4 Å². The summed E-state index contributed by atoms with van der Waals surface area (Å²) in [7, 11) is -1.14. The van der Waals surface area contributed by atoms with E-state index in [1.165, 1.54) is 31.2 Å². The second-order valence-electron chi connectivity index (χ2n) is 9.35. The van der Waals surface area contributed by atoms with Crippen LogP contribution in [0.1, 0.15) is 11.1 Å². The molecule has 0 aliphatic rings. The Morgan fingerprint density at radius 2 is 1.32 bits per heavy atom. The number of nitrogens with one attached hydrogen (secondary N) is 1. The topological polar surface area (TPSA) is 96.0 Å². The Labute approximate surface area is 241 Å². The van der Waals surface area contributed by atoms with Gasteiger partial charge in [-0.05, 0) is 47.5 Å². The number of carbonyl (C=O) groups excluding carboxylic acids is 2. The molecule has 0 bridgehead atoms. The van der Waals surface area contributed by atoms with Gasteiger partial charge in [-0.3, -0.25) is 13.9 Å². The predicted octanol–water partition coefficient (Wildman–Crippen LogP) is 4.28. The van der Waals surface area contributed by atoms with Crippen LogP contribution in [0, 0.1) is 0 Å². The number of anilines is 1. The zero-order valence-corrected chi connectivity index (χ0v) is 23.8. The number of amides is 2. The molecule has 0 aliphatic heterocycles. The lowest BCUT2D eigenvalue weighted by Crippen LogP contribution is -2.53. The van der Waals surface area contributed by atoms with Crippen molar-refractivity contribution in [3.8, 4) is 5.75 Å². The molecule has 0 fully saturated rings. The standard InChI is InChI=1S/C32H33N3O5S/c1-33-32(37)30(22-25-12-6-3-7-13-25)34(23-26-14-8-4-9-15-26)31(36)24-35(27-16-10-5-11-17-27)41(38,39)29-20-18-28(40-2)19-21-29/h3-21,30H,22-24H2,1-2H3,(H,33,37)/t30-/m1/s1. The Bertz CT molecular complexity index is 1530. The number of rotatable bonds is 12. The summed E-state index contributed by atoms with van der Waals surface area (Å²) in [6, 6.07) is 32.3. The number of para-hydroxylation sites is 1. The van der Waals surface area contributed by atoms with E-state index in [-0.39, 0.29) is 23.8 Å². The highest BCUT2D eigenvalue weighted by Crippen LogP contribution is 2.26. The van der Waals surface area contributed by atoms with Crippen molar-refractivity contribution in [1.82, 2.24) is 10.2 Å². The van der Waals surface area contributed by atoms with Crippen LogP contribution in [0.5, 0.6) is 5.75 Å². The smallest absolute Gasteiger partial charge is 0.264 e. The Balaban J connectivity index is 1.75. The Morgan fingerprint density at radius 1 is 0.780 bits per heavy atom. The van der Waals surface area contributed by atoms with E-state index in [9.17, 15) is 18.0 Å². The minimum Gasteiger partial charge on any atom is -0.497 e. The zero-order valence-electron chi connectivity index (χ0n) is 23.0. The number of hydrogen-bond acceptors (Lipinski definition) is 5. The van der Waals surface area contributed by atoms with Gasteiger partial charge in [0.05, 0.1) is 17.7 Å². The van der Waals surface area contributed by atoms with E-state index in [2.05, 4.69) is 5.32 Å². The van der Waals surface area contributed by atoms with Gasteiger partial charge < -0.3 is 15.0 Å². The first-order chi connectivity index (χ1) is 19.8. The van der Waals surface area contributed by atoms with Gasteiger partial charge in [0.25, 0.3) is 10.0 Å². The minimum atomic E-state index is -4.16. The highest BCUT2D eigenvalue weighted by Gasteiger charge is 2.34. The van der Waals surface area contributed by atoms with E-state index >= 15 is 0 Å². The first kappa shape index (κ1) is 29.4. The molecule has 2 amide bonds. The SMILES string of the molecule is CNC(=O)[C@@H](Cc1ccccc1)N(Cc1ccccc1)C(=O)CN(c1ccccc1)S(=O)(=O)c1ccc(OC)cc1. The first-order valence-corrected chi connectivity index (χ1v) is 14.6. The van der Waals surface area contributed by atoms with Gasteiger partial charge in [0.1, 0.15) is 18.3 Å². The Kier molecular flexibility index (Phi) is 9.76. The van der Waals surface area contributed by atoms with Gasteiger partial charge in [-0.1, -0.05) is 78.9 Å². The molecule has 4 aromatic rings. The normalized spacial score (nSPS) is 11.8. The molecule has 1 N–H and O–H groups in total. The molecule has 0 aromatic heterocycles. The lowest BCUT2D eigenvalue weighted by atomic mass is 10.0. The van der Waals surface area contributed by atoms with Crippen LogP contribution in [-0.4, -0.2) is 51.9 Å². The van der Waals surface area contributed by atoms with Gasteiger partial charge >= 0.3 is 0 Å². The maximum absolute atomic E-state index is 14.2. The maximum Gasteiger partial charge on any atom is 0.264 e. The number of nitrogens with zero attached hydrogens (tertiary/aromatic N) is 2. The van der Waals surface area contributed by atoms with Crippen molar-refractivity contribution in [3.63, 3.8) is 0 Å². The lowest BCUT2D eigenvalue weighted by molar-refractivity contribution is -0.139. The molecular weight excluding hydrogens is 538 g/mol. The van der Waals surface area contributed by atoms with E-state index in [1.807, 2.05) is 60.7 Å². The number of likely N-dealkylation sites (N-methyl/N-ethyl adjacent to an activating group) is 1. The molecule has 0 saturated carbocycles. The van der Waals surface area contributed by atoms with Gasteiger partial charge in [-0.15, -0.1) is 0 Å². The lowest BCUT2D eigenvalue weighted by Gasteiger charge is -2.33. The van der Waals surface area contributed by atoms with Gasteiger partial charge in [-0.2, -0.15) is 0 Å². The van der Waals surface area contributed by atoms with Crippen molar-refractivity contribution in [2.75, 3.05) is 25.0 Å². The number of methoxy groups -OCH3 is 1. The van der Waals surface area contributed by atoms with E-state index < -0.39 is 28.5 Å². The van der Waals surface area contributed by atoms with Gasteiger partial charge in [0.2, 0.25) is 11.8 Å². The number of sulfonamides is 1. The fourth-order valence-electron chi connectivity index (χ4n) is 4.50. The molecule has 0 saturated heterocycles. The van der Waals surface area contributed by atoms with Crippen LogP contribution in [-0.2, 0) is 32.6 Å². The summed E-state index contributed by atoms with van der Waals surface area (Å²) >= 11 is 0. The minimum absolute atomic E-state index is 0.0108. The van der Waals surface area contributed by atoms with Crippen LogP contribution < -0.4 is 14.4 Å². The van der Waals surface area contributed by atoms with Crippen molar-refractivity contribution in [2.24, 2.45) is 0 Å². The van der Waals surface area contributed by atoms with Crippen molar-refractivity contribution in [1.29, 1.82) is 0 Å². The van der Waals surface area contributed by atoms with Crippen LogP contribution >= 0.6 is 0 Å². The van der Waals surface area contributed by atoms with Crippen molar-refractivity contribution < 1.29 is 22.7 Å².